The molecule has 0 atom stereocenters. The predicted octanol–water partition coefficient (Wildman–Crippen LogP) is 1.88. The number of anilines is 1. The average molecular weight is 206 g/mol. The van der Waals surface area contributed by atoms with E-state index in [2.05, 4.69) is 15.9 Å². The standard InChI is InChI=1S/C6H5BrFNO/c7-6-4(8)1-3(10)2-5(6)9/h1-2,10H,9H2. The van der Waals surface area contributed by atoms with Gasteiger partial charge in [-0.3, -0.25) is 0 Å². The smallest absolute Gasteiger partial charge is 0.143 e. The first kappa shape index (κ1) is 7.34. The molecule has 0 aliphatic carbocycles. The fourth-order valence-corrected chi connectivity index (χ4v) is 0.824. The van der Waals surface area contributed by atoms with Gasteiger partial charge in [-0.25, -0.2) is 4.39 Å². The van der Waals surface area contributed by atoms with Crippen molar-refractivity contribution in [1.29, 1.82) is 0 Å². The molecule has 4 heteroatoms. The van der Waals surface area contributed by atoms with Crippen molar-refractivity contribution in [1.82, 2.24) is 0 Å². The number of phenols is 1. The number of hydrogen-bond acceptors (Lipinski definition) is 2. The number of halogens is 2. The molecule has 1 rings (SSSR count). The molecule has 0 aromatic heterocycles. The van der Waals surface area contributed by atoms with Crippen molar-refractivity contribution in [3.8, 4) is 5.75 Å². The van der Waals surface area contributed by atoms with Crippen LogP contribution in [-0.4, -0.2) is 5.11 Å². The molecule has 0 aliphatic heterocycles. The van der Waals surface area contributed by atoms with E-state index in [1.807, 2.05) is 0 Å². The highest BCUT2D eigenvalue weighted by atomic mass is 79.9. The summed E-state index contributed by atoms with van der Waals surface area (Å²) in [6.45, 7) is 0. The molecular weight excluding hydrogens is 201 g/mol. The van der Waals surface area contributed by atoms with Gasteiger partial charge in [0.2, 0.25) is 0 Å². The molecule has 2 nitrogen and oxygen atoms in total. The van der Waals surface area contributed by atoms with Crippen LogP contribution in [0.25, 0.3) is 0 Å². The van der Waals surface area contributed by atoms with Gasteiger partial charge in [0.05, 0.1) is 10.2 Å². The lowest BCUT2D eigenvalue weighted by molar-refractivity contribution is 0.469. The summed E-state index contributed by atoms with van der Waals surface area (Å²) in [6, 6.07) is 2.26. The second-order valence-corrected chi connectivity index (χ2v) is 2.62. The van der Waals surface area contributed by atoms with E-state index in [1.54, 1.807) is 0 Å². The van der Waals surface area contributed by atoms with E-state index in [9.17, 15) is 4.39 Å². The lowest BCUT2D eigenvalue weighted by atomic mass is 10.3. The summed E-state index contributed by atoms with van der Waals surface area (Å²) in [4.78, 5) is 0. The molecular formula is C6H5BrFNO. The minimum atomic E-state index is -0.558. The summed E-state index contributed by atoms with van der Waals surface area (Å²) in [5, 5.41) is 8.78. The van der Waals surface area contributed by atoms with Crippen molar-refractivity contribution >= 4 is 21.6 Å². The predicted molar refractivity (Wildman–Crippen MR) is 40.2 cm³/mol. The summed E-state index contributed by atoms with van der Waals surface area (Å²) in [6.07, 6.45) is 0. The van der Waals surface area contributed by atoms with Crippen molar-refractivity contribution in [2.45, 2.75) is 0 Å². The molecule has 1 aromatic rings. The van der Waals surface area contributed by atoms with Gasteiger partial charge >= 0.3 is 0 Å². The van der Waals surface area contributed by atoms with Crippen LogP contribution >= 0.6 is 15.9 Å². The zero-order chi connectivity index (χ0) is 7.72. The number of aromatic hydroxyl groups is 1. The third-order valence-corrected chi connectivity index (χ3v) is 1.88. The molecule has 0 fully saturated rings. The Hall–Kier alpha value is -0.770. The fourth-order valence-electron chi connectivity index (χ4n) is 0.595. The Morgan fingerprint density at radius 3 is 2.60 bits per heavy atom. The summed E-state index contributed by atoms with van der Waals surface area (Å²) in [5.74, 6) is -0.726. The number of phenolic OH excluding ortho intramolecular Hbond substituents is 1. The normalized spacial score (nSPS) is 9.80. The third kappa shape index (κ3) is 1.21. The minimum absolute atomic E-state index is 0.168. The van der Waals surface area contributed by atoms with Crippen molar-refractivity contribution in [2.75, 3.05) is 5.73 Å². The summed E-state index contributed by atoms with van der Waals surface area (Å²) >= 11 is 2.90. The Balaban J connectivity index is 3.31. The molecule has 1 aromatic carbocycles. The molecule has 0 heterocycles. The van der Waals surface area contributed by atoms with Crippen LogP contribution in [-0.2, 0) is 0 Å². The molecule has 0 saturated carbocycles. The SMILES string of the molecule is Nc1cc(O)cc(F)c1Br. The van der Waals surface area contributed by atoms with Crippen LogP contribution in [0.1, 0.15) is 0 Å². The molecule has 0 saturated heterocycles. The summed E-state index contributed by atoms with van der Waals surface area (Å²) < 4.78 is 12.7. The molecule has 0 bridgehead atoms. The van der Waals surface area contributed by atoms with Gasteiger partial charge in [0.1, 0.15) is 11.6 Å². The Morgan fingerprint density at radius 2 is 2.10 bits per heavy atom. The second kappa shape index (κ2) is 2.46. The molecule has 54 valence electrons. The minimum Gasteiger partial charge on any atom is -0.508 e. The van der Waals surface area contributed by atoms with Crippen LogP contribution in [0.4, 0.5) is 10.1 Å². The van der Waals surface area contributed by atoms with Crippen LogP contribution in [0.3, 0.4) is 0 Å². The molecule has 0 aliphatic rings. The van der Waals surface area contributed by atoms with Crippen LogP contribution < -0.4 is 5.73 Å². The van der Waals surface area contributed by atoms with E-state index in [0.717, 1.165) is 6.07 Å². The average Bonchev–Trinajstić information content (AvgIpc) is 1.82. The highest BCUT2D eigenvalue weighted by Crippen LogP contribution is 2.26. The first-order chi connectivity index (χ1) is 4.61. The zero-order valence-electron chi connectivity index (χ0n) is 4.94. The molecule has 0 amide bonds. The van der Waals surface area contributed by atoms with Crippen LogP contribution in [0.5, 0.6) is 5.75 Å². The number of hydrogen-bond donors (Lipinski definition) is 2. The Labute approximate surface area is 65.6 Å². The topological polar surface area (TPSA) is 46.2 Å². The molecule has 3 N–H and O–H groups in total. The zero-order valence-corrected chi connectivity index (χ0v) is 6.52. The van der Waals surface area contributed by atoms with E-state index < -0.39 is 5.82 Å². The Morgan fingerprint density at radius 1 is 1.50 bits per heavy atom. The first-order valence-electron chi connectivity index (χ1n) is 2.54. The lowest BCUT2D eigenvalue weighted by Gasteiger charge is -1.99. The van der Waals surface area contributed by atoms with E-state index in [4.69, 9.17) is 10.8 Å². The second-order valence-electron chi connectivity index (χ2n) is 1.83. The molecule has 0 unspecified atom stereocenters. The van der Waals surface area contributed by atoms with Crippen LogP contribution in [0.15, 0.2) is 16.6 Å². The summed E-state index contributed by atoms with van der Waals surface area (Å²) in [5.41, 5.74) is 5.47. The maximum atomic E-state index is 12.6. The van der Waals surface area contributed by atoms with Gasteiger partial charge in [0.15, 0.2) is 0 Å². The highest BCUT2D eigenvalue weighted by Gasteiger charge is 2.03. The van der Waals surface area contributed by atoms with Gasteiger partial charge in [-0.1, -0.05) is 0 Å². The quantitative estimate of drug-likeness (QED) is 0.636. The van der Waals surface area contributed by atoms with Gasteiger partial charge in [-0.05, 0) is 15.9 Å². The Kier molecular flexibility index (Phi) is 1.80. The third-order valence-electron chi connectivity index (χ3n) is 1.04. The van der Waals surface area contributed by atoms with Gasteiger partial charge in [0, 0.05) is 12.1 Å². The highest BCUT2D eigenvalue weighted by molar-refractivity contribution is 9.10. The molecule has 10 heavy (non-hydrogen) atoms. The maximum absolute atomic E-state index is 12.6. The van der Waals surface area contributed by atoms with Crippen LogP contribution in [0.2, 0.25) is 0 Å². The van der Waals surface area contributed by atoms with Crippen molar-refractivity contribution in [3.05, 3.63) is 22.4 Å². The summed E-state index contributed by atoms with van der Waals surface area (Å²) in [7, 11) is 0. The van der Waals surface area contributed by atoms with E-state index >= 15 is 0 Å². The molecule has 0 radical (unpaired) electrons. The fraction of sp³-hybridized carbons (Fsp3) is 0. The largest absolute Gasteiger partial charge is 0.508 e. The number of rotatable bonds is 0. The van der Waals surface area contributed by atoms with Gasteiger partial charge in [-0.2, -0.15) is 0 Å². The van der Waals surface area contributed by atoms with Gasteiger partial charge < -0.3 is 10.8 Å². The maximum Gasteiger partial charge on any atom is 0.143 e. The van der Waals surface area contributed by atoms with E-state index in [1.165, 1.54) is 6.07 Å². The van der Waals surface area contributed by atoms with Crippen molar-refractivity contribution < 1.29 is 9.50 Å². The van der Waals surface area contributed by atoms with E-state index in [-0.39, 0.29) is 15.9 Å². The van der Waals surface area contributed by atoms with Gasteiger partial charge in [-0.15, -0.1) is 0 Å². The van der Waals surface area contributed by atoms with Crippen LogP contribution in [0, 0.1) is 5.82 Å². The van der Waals surface area contributed by atoms with Crippen molar-refractivity contribution in [2.24, 2.45) is 0 Å². The van der Waals surface area contributed by atoms with Crippen molar-refractivity contribution in [3.63, 3.8) is 0 Å². The number of nitrogens with two attached hydrogens (primary N) is 1. The van der Waals surface area contributed by atoms with E-state index in [0.29, 0.717) is 0 Å². The number of benzene rings is 1. The molecule has 0 spiro atoms. The number of nitrogen functional groups attached to an aromatic ring is 1. The first-order valence-corrected chi connectivity index (χ1v) is 3.34. The lowest BCUT2D eigenvalue weighted by Crippen LogP contribution is -1.88. The van der Waals surface area contributed by atoms with Gasteiger partial charge in [0.25, 0.3) is 0 Å². The monoisotopic (exact) mass is 205 g/mol. The Bertz CT molecular complexity index is 241.